The third-order valence-corrected chi connectivity index (χ3v) is 4.14. The number of benzene rings is 1. The van der Waals surface area contributed by atoms with Gasteiger partial charge in [0.1, 0.15) is 11.3 Å². The highest BCUT2D eigenvalue weighted by Crippen LogP contribution is 2.26. The number of methoxy groups -OCH3 is 1. The fraction of sp³-hybridized carbons (Fsp3) is 0.214. The van der Waals surface area contributed by atoms with E-state index < -0.39 is 5.91 Å². The Morgan fingerprint density at radius 2 is 2.29 bits per heavy atom. The summed E-state index contributed by atoms with van der Waals surface area (Å²) in [4.78, 5) is 16.8. The van der Waals surface area contributed by atoms with E-state index >= 15 is 0 Å². The second-order valence-electron chi connectivity index (χ2n) is 4.50. The molecule has 0 aliphatic rings. The van der Waals surface area contributed by atoms with Crippen molar-refractivity contribution < 1.29 is 14.1 Å². The molecule has 0 bridgehead atoms. The monoisotopic (exact) mass is 303 g/mol. The molecule has 0 atom stereocenters. The Bertz CT molecular complexity index is 888. The van der Waals surface area contributed by atoms with Crippen LogP contribution < -0.4 is 9.54 Å². The van der Waals surface area contributed by atoms with E-state index in [1.165, 1.54) is 11.3 Å². The van der Waals surface area contributed by atoms with E-state index in [0.29, 0.717) is 10.5 Å². The van der Waals surface area contributed by atoms with Crippen LogP contribution in [0.25, 0.3) is 10.2 Å². The van der Waals surface area contributed by atoms with Crippen molar-refractivity contribution in [1.82, 2.24) is 9.72 Å². The molecule has 108 valence electrons. The van der Waals surface area contributed by atoms with Crippen LogP contribution in [0.3, 0.4) is 0 Å². The van der Waals surface area contributed by atoms with Gasteiger partial charge in [-0.25, -0.2) is 0 Å². The average molecular weight is 303 g/mol. The zero-order chi connectivity index (χ0) is 15.0. The number of thiazole rings is 1. The Labute approximate surface area is 124 Å². The fourth-order valence-electron chi connectivity index (χ4n) is 2.05. The van der Waals surface area contributed by atoms with Crippen LogP contribution in [-0.2, 0) is 7.05 Å². The molecule has 0 saturated carbocycles. The lowest BCUT2D eigenvalue weighted by atomic mass is 10.3. The highest BCUT2D eigenvalue weighted by Gasteiger charge is 2.13. The minimum atomic E-state index is -0.447. The molecule has 0 spiro atoms. The quantitative estimate of drug-likeness (QED) is 0.728. The van der Waals surface area contributed by atoms with Crippen LogP contribution in [-0.4, -0.2) is 22.7 Å². The van der Waals surface area contributed by atoms with Gasteiger partial charge in [0, 0.05) is 13.1 Å². The summed E-state index contributed by atoms with van der Waals surface area (Å²) in [6.07, 6.45) is 0. The van der Waals surface area contributed by atoms with Crippen LogP contribution in [0.4, 0.5) is 0 Å². The number of fused-ring (bicyclic) bond motifs is 1. The lowest BCUT2D eigenvalue weighted by Crippen LogP contribution is -2.13. The van der Waals surface area contributed by atoms with Gasteiger partial charge in [-0.15, -0.1) is 0 Å². The lowest BCUT2D eigenvalue weighted by Gasteiger charge is -2.02. The summed E-state index contributed by atoms with van der Waals surface area (Å²) >= 11 is 1.42. The van der Waals surface area contributed by atoms with Gasteiger partial charge in [-0.3, -0.25) is 4.79 Å². The molecule has 3 rings (SSSR count). The van der Waals surface area contributed by atoms with Gasteiger partial charge >= 0.3 is 5.91 Å². The summed E-state index contributed by atoms with van der Waals surface area (Å²) in [6, 6.07) is 7.31. The summed E-state index contributed by atoms with van der Waals surface area (Å²) in [5.74, 6) is 0.435. The van der Waals surface area contributed by atoms with E-state index in [9.17, 15) is 4.79 Å². The second kappa shape index (κ2) is 5.17. The minimum absolute atomic E-state index is 0.136. The van der Waals surface area contributed by atoms with Crippen molar-refractivity contribution in [1.29, 1.82) is 0 Å². The van der Waals surface area contributed by atoms with E-state index in [-0.39, 0.29) is 5.76 Å². The van der Waals surface area contributed by atoms with Crippen molar-refractivity contribution in [3.05, 3.63) is 40.5 Å². The number of carbonyl (C=O) groups is 1. The zero-order valence-corrected chi connectivity index (χ0v) is 12.6. The smallest absolute Gasteiger partial charge is 0.318 e. The molecule has 0 radical (unpaired) electrons. The Hall–Kier alpha value is -2.41. The highest BCUT2D eigenvalue weighted by molar-refractivity contribution is 7.16. The molecule has 2 heterocycles. The number of aryl methyl sites for hydroxylation is 2. The molecule has 3 aromatic rings. The molecule has 0 aliphatic carbocycles. The number of ether oxygens (including phenoxy) is 1. The summed E-state index contributed by atoms with van der Waals surface area (Å²) in [5, 5.41) is 3.69. The van der Waals surface area contributed by atoms with Crippen LogP contribution in [0.1, 0.15) is 16.2 Å². The maximum absolute atomic E-state index is 12.1. The Morgan fingerprint density at radius 1 is 1.48 bits per heavy atom. The van der Waals surface area contributed by atoms with E-state index in [2.05, 4.69) is 10.1 Å². The van der Waals surface area contributed by atoms with Gasteiger partial charge in [0.05, 0.1) is 17.5 Å². The number of hydrogen-bond donors (Lipinski definition) is 0. The molecule has 0 unspecified atom stereocenters. The summed E-state index contributed by atoms with van der Waals surface area (Å²) in [7, 11) is 3.46. The average Bonchev–Trinajstić information content (AvgIpc) is 3.04. The van der Waals surface area contributed by atoms with E-state index in [0.717, 1.165) is 16.0 Å². The van der Waals surface area contributed by atoms with Crippen LogP contribution in [0, 0.1) is 6.92 Å². The molecule has 1 amide bonds. The number of hydrogen-bond acceptors (Lipinski definition) is 5. The zero-order valence-electron chi connectivity index (χ0n) is 11.8. The van der Waals surface area contributed by atoms with Crippen molar-refractivity contribution >= 4 is 27.5 Å². The third kappa shape index (κ3) is 2.36. The molecule has 1 aromatic carbocycles. The molecule has 7 heteroatoms. The maximum Gasteiger partial charge on any atom is 0.318 e. The predicted octanol–water partition coefficient (Wildman–Crippen LogP) is 2.29. The molecule has 0 aliphatic heterocycles. The first kappa shape index (κ1) is 13.6. The minimum Gasteiger partial charge on any atom is -0.495 e. The van der Waals surface area contributed by atoms with E-state index in [1.54, 1.807) is 20.1 Å². The van der Waals surface area contributed by atoms with Gasteiger partial charge in [0.25, 0.3) is 0 Å². The first-order valence-electron chi connectivity index (χ1n) is 6.25. The van der Waals surface area contributed by atoms with Gasteiger partial charge < -0.3 is 13.8 Å². The van der Waals surface area contributed by atoms with Gasteiger partial charge in [-0.1, -0.05) is 22.6 Å². The Morgan fingerprint density at radius 3 is 2.95 bits per heavy atom. The van der Waals surface area contributed by atoms with E-state index in [1.807, 2.05) is 29.8 Å². The number of rotatable bonds is 2. The molecule has 0 fully saturated rings. The van der Waals surface area contributed by atoms with Crippen molar-refractivity contribution in [2.45, 2.75) is 6.92 Å². The van der Waals surface area contributed by atoms with Crippen molar-refractivity contribution in [2.75, 3.05) is 7.11 Å². The first-order valence-corrected chi connectivity index (χ1v) is 7.06. The van der Waals surface area contributed by atoms with Crippen molar-refractivity contribution in [3.63, 3.8) is 0 Å². The van der Waals surface area contributed by atoms with Crippen LogP contribution >= 0.6 is 11.3 Å². The summed E-state index contributed by atoms with van der Waals surface area (Å²) in [5.41, 5.74) is 1.56. The topological polar surface area (TPSA) is 69.6 Å². The van der Waals surface area contributed by atoms with Crippen LogP contribution in [0.2, 0.25) is 0 Å². The predicted molar refractivity (Wildman–Crippen MR) is 78.5 cm³/mol. The van der Waals surface area contributed by atoms with Gasteiger partial charge in [-0.2, -0.15) is 4.99 Å². The second-order valence-corrected chi connectivity index (χ2v) is 5.51. The van der Waals surface area contributed by atoms with E-state index in [4.69, 9.17) is 9.26 Å². The number of carbonyl (C=O) groups excluding carboxylic acids is 1. The molecule has 6 nitrogen and oxygen atoms in total. The summed E-state index contributed by atoms with van der Waals surface area (Å²) < 4.78 is 13.1. The number of amides is 1. The number of nitrogens with zero attached hydrogens (tertiary/aromatic N) is 3. The molecule has 21 heavy (non-hydrogen) atoms. The summed E-state index contributed by atoms with van der Waals surface area (Å²) in [6.45, 7) is 1.75. The number of aromatic nitrogens is 2. The normalized spacial score (nSPS) is 12.0. The Kier molecular flexibility index (Phi) is 3.34. The largest absolute Gasteiger partial charge is 0.495 e. The molecule has 2 aromatic heterocycles. The van der Waals surface area contributed by atoms with Crippen LogP contribution in [0.5, 0.6) is 5.75 Å². The lowest BCUT2D eigenvalue weighted by molar-refractivity contribution is 0.0962. The molecule has 0 N–H and O–H groups in total. The highest BCUT2D eigenvalue weighted by atomic mass is 32.1. The van der Waals surface area contributed by atoms with Crippen molar-refractivity contribution in [2.24, 2.45) is 12.0 Å². The SMILES string of the molecule is COc1cccc2sc(=NC(=O)c3cc(C)no3)n(C)c12. The third-order valence-electron chi connectivity index (χ3n) is 3.04. The first-order chi connectivity index (χ1) is 10.1. The van der Waals surface area contributed by atoms with Crippen LogP contribution in [0.15, 0.2) is 33.8 Å². The van der Waals surface area contributed by atoms with Gasteiger partial charge in [0.15, 0.2) is 4.80 Å². The molecular formula is C14H13N3O3S. The van der Waals surface area contributed by atoms with Gasteiger partial charge in [-0.05, 0) is 19.1 Å². The number of para-hydroxylation sites is 1. The fourth-order valence-corrected chi connectivity index (χ4v) is 3.08. The molecular weight excluding hydrogens is 290 g/mol. The molecule has 0 saturated heterocycles. The Balaban J connectivity index is 2.14. The standard InChI is InChI=1S/C14H13N3O3S/c1-8-7-10(20-16-8)13(18)15-14-17(2)12-9(19-3)5-4-6-11(12)21-14/h4-7H,1-3H3. The van der Waals surface area contributed by atoms with Gasteiger partial charge in [0.2, 0.25) is 5.76 Å². The van der Waals surface area contributed by atoms with Crippen molar-refractivity contribution in [3.8, 4) is 5.75 Å². The maximum atomic E-state index is 12.1.